The van der Waals surface area contributed by atoms with Crippen LogP contribution in [0.15, 0.2) is 36.8 Å². The predicted octanol–water partition coefficient (Wildman–Crippen LogP) is 3.92. The summed E-state index contributed by atoms with van der Waals surface area (Å²) in [7, 11) is 0. The summed E-state index contributed by atoms with van der Waals surface area (Å²) in [4.78, 5) is 8.29. The van der Waals surface area contributed by atoms with Crippen molar-refractivity contribution in [3.63, 3.8) is 0 Å². The molecular weight excluding hydrogens is 352 g/mol. The van der Waals surface area contributed by atoms with Crippen LogP contribution < -0.4 is 0 Å². The van der Waals surface area contributed by atoms with Crippen molar-refractivity contribution in [2.24, 2.45) is 11.8 Å². The molecule has 0 radical (unpaired) electrons. The van der Waals surface area contributed by atoms with E-state index in [1.54, 1.807) is 23.6 Å². The minimum absolute atomic E-state index is 0.00139. The summed E-state index contributed by atoms with van der Waals surface area (Å²) >= 11 is 0. The first-order valence-corrected chi connectivity index (χ1v) is 8.95. The highest BCUT2D eigenvalue weighted by Crippen LogP contribution is 2.44. The van der Waals surface area contributed by atoms with Crippen molar-refractivity contribution in [3.05, 3.63) is 59.7 Å². The molecule has 0 aliphatic carbocycles. The van der Waals surface area contributed by atoms with Gasteiger partial charge in [0, 0.05) is 12.1 Å². The zero-order chi connectivity index (χ0) is 19.3. The molecule has 1 aliphatic heterocycles. The number of aromatic nitrogens is 3. The fourth-order valence-corrected chi connectivity index (χ4v) is 3.88. The molecule has 3 heterocycles. The largest absolute Gasteiger partial charge is 0.386 e. The number of hydrogen-bond acceptors (Lipinski definition) is 4. The van der Waals surface area contributed by atoms with Crippen LogP contribution in [0, 0.1) is 30.4 Å². The minimum Gasteiger partial charge on any atom is -0.386 e. The Bertz CT molecular complexity index is 973. The Labute approximate surface area is 155 Å². The van der Waals surface area contributed by atoms with Crippen molar-refractivity contribution in [2.75, 3.05) is 0 Å². The van der Waals surface area contributed by atoms with Gasteiger partial charge < -0.3 is 14.4 Å². The lowest BCUT2D eigenvalue weighted by atomic mass is 9.88. The fraction of sp³-hybridized carbons (Fsp3) is 0.400. The molecule has 5 nitrogen and oxygen atoms in total. The Morgan fingerprint density at radius 2 is 1.81 bits per heavy atom. The van der Waals surface area contributed by atoms with Gasteiger partial charge in [0.25, 0.3) is 0 Å². The van der Waals surface area contributed by atoms with Crippen molar-refractivity contribution in [2.45, 2.75) is 39.2 Å². The molecule has 2 aromatic heterocycles. The van der Waals surface area contributed by atoms with E-state index in [1.165, 1.54) is 24.7 Å². The highest BCUT2D eigenvalue weighted by Gasteiger charge is 2.44. The maximum atomic E-state index is 14.5. The van der Waals surface area contributed by atoms with Gasteiger partial charge in [-0.15, -0.1) is 0 Å². The van der Waals surface area contributed by atoms with Gasteiger partial charge in [0.15, 0.2) is 5.82 Å². The third kappa shape index (κ3) is 2.91. The van der Waals surface area contributed by atoms with Gasteiger partial charge >= 0.3 is 0 Å². The molecule has 1 N–H and O–H groups in total. The number of hydrogen-bond donors (Lipinski definition) is 1. The van der Waals surface area contributed by atoms with E-state index in [9.17, 15) is 13.9 Å². The SMILES string of the molecule is Cc1ncnc2c1c(F)cn2C1OC(C(O)c2ccc(F)cc2)C(C)C1C. The molecule has 0 spiro atoms. The smallest absolute Gasteiger partial charge is 0.152 e. The number of aryl methyl sites for hydroxylation is 1. The summed E-state index contributed by atoms with van der Waals surface area (Å²) in [5.74, 6) is -0.745. The molecule has 0 bridgehead atoms. The Morgan fingerprint density at radius 1 is 1.11 bits per heavy atom. The van der Waals surface area contributed by atoms with Crippen molar-refractivity contribution in [3.8, 4) is 0 Å². The van der Waals surface area contributed by atoms with Gasteiger partial charge in [-0.05, 0) is 30.5 Å². The standard InChI is InChI=1S/C20H21F2N3O2/c1-10-11(2)20(25-8-15(22)16-12(3)23-9-24-19(16)25)27-18(10)17(26)13-4-6-14(21)7-5-13/h4-11,17-18,20,26H,1-3H3. The number of nitrogens with zero attached hydrogens (tertiary/aromatic N) is 3. The zero-order valence-corrected chi connectivity index (χ0v) is 15.3. The van der Waals surface area contributed by atoms with Crippen LogP contribution in [0.2, 0.25) is 0 Å². The van der Waals surface area contributed by atoms with Crippen LogP contribution in [0.1, 0.15) is 37.4 Å². The Balaban J connectivity index is 1.68. The minimum atomic E-state index is -0.906. The highest BCUT2D eigenvalue weighted by molar-refractivity contribution is 5.79. The number of halogens is 2. The highest BCUT2D eigenvalue weighted by atomic mass is 19.1. The van der Waals surface area contributed by atoms with E-state index in [0.29, 0.717) is 22.3 Å². The van der Waals surface area contributed by atoms with Crippen LogP contribution in [-0.2, 0) is 4.74 Å². The first-order valence-electron chi connectivity index (χ1n) is 8.95. The third-order valence-electron chi connectivity index (χ3n) is 5.64. The summed E-state index contributed by atoms with van der Waals surface area (Å²) < 4.78 is 35.5. The summed E-state index contributed by atoms with van der Waals surface area (Å²) in [6, 6.07) is 5.73. The molecule has 142 valence electrons. The molecule has 0 amide bonds. The van der Waals surface area contributed by atoms with Gasteiger partial charge in [-0.3, -0.25) is 0 Å². The van der Waals surface area contributed by atoms with Crippen LogP contribution in [0.4, 0.5) is 8.78 Å². The van der Waals surface area contributed by atoms with Crippen LogP contribution >= 0.6 is 0 Å². The van der Waals surface area contributed by atoms with E-state index >= 15 is 0 Å². The summed E-state index contributed by atoms with van der Waals surface area (Å²) in [5.41, 5.74) is 1.63. The predicted molar refractivity (Wildman–Crippen MR) is 95.8 cm³/mol. The van der Waals surface area contributed by atoms with Gasteiger partial charge in [-0.2, -0.15) is 0 Å². The van der Waals surface area contributed by atoms with Crippen molar-refractivity contribution in [1.29, 1.82) is 0 Å². The number of aliphatic hydroxyl groups excluding tert-OH is 1. The summed E-state index contributed by atoms with van der Waals surface area (Å²) in [6.45, 7) is 5.73. The summed E-state index contributed by atoms with van der Waals surface area (Å²) in [6.07, 6.45) is 0.908. The van der Waals surface area contributed by atoms with Gasteiger partial charge in [0.2, 0.25) is 0 Å². The Kier molecular flexibility index (Phi) is 4.44. The van der Waals surface area contributed by atoms with E-state index in [1.807, 2.05) is 13.8 Å². The number of ether oxygens (including phenoxy) is 1. The molecule has 4 rings (SSSR count). The lowest BCUT2D eigenvalue weighted by Crippen LogP contribution is -2.24. The lowest BCUT2D eigenvalue weighted by molar-refractivity contribution is -0.0707. The van der Waals surface area contributed by atoms with Crippen molar-refractivity contribution >= 4 is 11.0 Å². The number of benzene rings is 1. The molecule has 7 heteroatoms. The van der Waals surface area contributed by atoms with Crippen LogP contribution in [0.25, 0.3) is 11.0 Å². The van der Waals surface area contributed by atoms with Gasteiger partial charge in [0.05, 0.1) is 17.2 Å². The van der Waals surface area contributed by atoms with Gasteiger partial charge in [-0.1, -0.05) is 26.0 Å². The van der Waals surface area contributed by atoms with E-state index in [0.717, 1.165) is 0 Å². The van der Waals surface area contributed by atoms with E-state index in [2.05, 4.69) is 9.97 Å². The maximum absolute atomic E-state index is 14.5. The number of aliphatic hydroxyl groups is 1. The molecule has 5 atom stereocenters. The van der Waals surface area contributed by atoms with Gasteiger partial charge in [0.1, 0.15) is 30.1 Å². The lowest BCUT2D eigenvalue weighted by Gasteiger charge is -2.22. The molecule has 3 aromatic rings. The van der Waals surface area contributed by atoms with Crippen LogP contribution in [-0.4, -0.2) is 25.7 Å². The second-order valence-electron chi connectivity index (χ2n) is 7.25. The quantitative estimate of drug-likeness (QED) is 0.756. The van der Waals surface area contributed by atoms with Crippen LogP contribution in [0.5, 0.6) is 0 Å². The molecule has 27 heavy (non-hydrogen) atoms. The molecule has 0 saturated carbocycles. The normalized spacial score (nSPS) is 26.6. The topological polar surface area (TPSA) is 60.2 Å². The Morgan fingerprint density at radius 3 is 2.52 bits per heavy atom. The number of rotatable bonds is 3. The van der Waals surface area contributed by atoms with Crippen molar-refractivity contribution < 1.29 is 18.6 Å². The first kappa shape index (κ1) is 18.0. The molecule has 1 fully saturated rings. The molecule has 5 unspecified atom stereocenters. The van der Waals surface area contributed by atoms with E-state index < -0.39 is 24.3 Å². The maximum Gasteiger partial charge on any atom is 0.152 e. The monoisotopic (exact) mass is 373 g/mol. The number of fused-ring (bicyclic) bond motifs is 1. The molecule has 1 saturated heterocycles. The molecular formula is C20H21F2N3O2. The van der Waals surface area contributed by atoms with Crippen molar-refractivity contribution in [1.82, 2.24) is 14.5 Å². The second kappa shape index (κ2) is 6.65. The van der Waals surface area contributed by atoms with E-state index in [-0.39, 0.29) is 17.7 Å². The Hall–Kier alpha value is -2.38. The van der Waals surface area contributed by atoms with Crippen LogP contribution in [0.3, 0.4) is 0 Å². The second-order valence-corrected chi connectivity index (χ2v) is 7.25. The molecule has 1 aliphatic rings. The third-order valence-corrected chi connectivity index (χ3v) is 5.64. The van der Waals surface area contributed by atoms with Gasteiger partial charge in [-0.25, -0.2) is 18.7 Å². The molecule has 1 aromatic carbocycles. The first-order chi connectivity index (χ1) is 12.9. The average Bonchev–Trinajstić information content (AvgIpc) is 3.13. The zero-order valence-electron chi connectivity index (χ0n) is 15.3. The fourth-order valence-electron chi connectivity index (χ4n) is 3.88. The summed E-state index contributed by atoms with van der Waals surface area (Å²) in [5, 5.41) is 11.1. The van der Waals surface area contributed by atoms with E-state index in [4.69, 9.17) is 4.74 Å². The average molecular weight is 373 g/mol.